The number of benzene rings is 1. The first-order valence-electron chi connectivity index (χ1n) is 6.27. The Balaban J connectivity index is 2.07. The van der Waals surface area contributed by atoms with Gasteiger partial charge in [-0.25, -0.2) is 4.39 Å². The molecule has 2 atom stereocenters. The second kappa shape index (κ2) is 5.34. The predicted molar refractivity (Wildman–Crippen MR) is 67.3 cm³/mol. The third kappa shape index (κ3) is 3.07. The summed E-state index contributed by atoms with van der Waals surface area (Å²) < 4.78 is 13.5. The van der Waals surface area contributed by atoms with Crippen molar-refractivity contribution >= 4 is 11.6 Å². The Morgan fingerprint density at radius 2 is 2.32 bits per heavy atom. The van der Waals surface area contributed by atoms with Crippen LogP contribution < -0.4 is 5.32 Å². The van der Waals surface area contributed by atoms with Gasteiger partial charge in [0.2, 0.25) is 0 Å². The molecular formula is C13H15FN2O3. The number of rotatable bonds is 5. The molecule has 1 amide bonds. The maximum Gasteiger partial charge on any atom is 0.270 e. The van der Waals surface area contributed by atoms with E-state index < -0.39 is 16.6 Å². The first-order valence-corrected chi connectivity index (χ1v) is 6.27. The molecule has 19 heavy (non-hydrogen) atoms. The molecule has 0 saturated heterocycles. The van der Waals surface area contributed by atoms with Gasteiger partial charge in [0, 0.05) is 18.2 Å². The minimum Gasteiger partial charge on any atom is -0.349 e. The van der Waals surface area contributed by atoms with Crippen LogP contribution in [-0.4, -0.2) is 16.9 Å². The molecule has 1 saturated carbocycles. The van der Waals surface area contributed by atoms with Gasteiger partial charge in [0.1, 0.15) is 5.82 Å². The highest BCUT2D eigenvalue weighted by Crippen LogP contribution is 2.34. The van der Waals surface area contributed by atoms with Gasteiger partial charge >= 0.3 is 0 Å². The summed E-state index contributed by atoms with van der Waals surface area (Å²) in [5.74, 6) is -0.865. The van der Waals surface area contributed by atoms with Crippen LogP contribution in [0.2, 0.25) is 0 Å². The van der Waals surface area contributed by atoms with E-state index in [4.69, 9.17) is 0 Å². The van der Waals surface area contributed by atoms with Gasteiger partial charge in [0.15, 0.2) is 0 Å². The van der Waals surface area contributed by atoms with Crippen molar-refractivity contribution in [1.29, 1.82) is 0 Å². The van der Waals surface area contributed by atoms with Crippen molar-refractivity contribution in [2.75, 3.05) is 0 Å². The molecule has 0 aromatic heterocycles. The number of halogens is 1. The molecule has 6 heteroatoms. The van der Waals surface area contributed by atoms with E-state index in [9.17, 15) is 19.3 Å². The molecule has 2 unspecified atom stereocenters. The first-order chi connectivity index (χ1) is 9.02. The zero-order valence-corrected chi connectivity index (χ0v) is 10.6. The molecule has 0 spiro atoms. The average molecular weight is 266 g/mol. The molecule has 1 aliphatic rings. The van der Waals surface area contributed by atoms with Crippen LogP contribution in [0.4, 0.5) is 10.1 Å². The Hall–Kier alpha value is -1.98. The minimum absolute atomic E-state index is 0.0751. The topological polar surface area (TPSA) is 72.2 Å². The number of non-ortho nitro benzene ring substituents is 1. The van der Waals surface area contributed by atoms with E-state index >= 15 is 0 Å². The zero-order chi connectivity index (χ0) is 14.0. The molecule has 0 radical (unpaired) electrons. The third-order valence-corrected chi connectivity index (χ3v) is 3.30. The van der Waals surface area contributed by atoms with Crippen molar-refractivity contribution in [3.63, 3.8) is 0 Å². The lowest BCUT2D eigenvalue weighted by Crippen LogP contribution is -2.27. The molecule has 1 aromatic rings. The minimum atomic E-state index is -0.740. The molecule has 1 fully saturated rings. The highest BCUT2D eigenvalue weighted by Gasteiger charge is 2.37. The van der Waals surface area contributed by atoms with E-state index in [0.717, 1.165) is 37.5 Å². The van der Waals surface area contributed by atoms with Crippen LogP contribution in [0.1, 0.15) is 36.5 Å². The van der Waals surface area contributed by atoms with E-state index in [1.54, 1.807) is 0 Å². The van der Waals surface area contributed by atoms with E-state index in [2.05, 4.69) is 12.2 Å². The third-order valence-electron chi connectivity index (χ3n) is 3.30. The number of nitrogens with zero attached hydrogens (tertiary/aromatic N) is 1. The maximum absolute atomic E-state index is 13.5. The number of nitrogens with one attached hydrogen (secondary N) is 1. The maximum atomic E-state index is 13.5. The molecule has 0 heterocycles. The Morgan fingerprint density at radius 1 is 1.58 bits per heavy atom. The Labute approximate surface area is 110 Å². The van der Waals surface area contributed by atoms with Crippen molar-refractivity contribution in [2.24, 2.45) is 5.92 Å². The van der Waals surface area contributed by atoms with Gasteiger partial charge in [-0.2, -0.15) is 0 Å². The van der Waals surface area contributed by atoms with Crippen LogP contribution in [0.5, 0.6) is 0 Å². The van der Waals surface area contributed by atoms with E-state index in [-0.39, 0.29) is 17.3 Å². The average Bonchev–Trinajstić information content (AvgIpc) is 3.07. The SMILES string of the molecule is CCCC1CC1NC(=O)c1cc([N+](=O)[O-])ccc1F. The number of hydrogen-bond donors (Lipinski definition) is 1. The molecule has 1 aliphatic carbocycles. The zero-order valence-electron chi connectivity index (χ0n) is 10.6. The van der Waals surface area contributed by atoms with Crippen LogP contribution in [0.15, 0.2) is 18.2 Å². The number of nitro groups is 1. The molecular weight excluding hydrogens is 251 g/mol. The first kappa shape index (κ1) is 13.5. The van der Waals surface area contributed by atoms with Crippen molar-refractivity contribution in [3.8, 4) is 0 Å². The number of carbonyl (C=O) groups excluding carboxylic acids is 1. The number of nitro benzene ring substituents is 1. The largest absolute Gasteiger partial charge is 0.349 e. The monoisotopic (exact) mass is 266 g/mol. The smallest absolute Gasteiger partial charge is 0.270 e. The molecule has 0 aliphatic heterocycles. The molecule has 5 nitrogen and oxygen atoms in total. The fourth-order valence-electron chi connectivity index (χ4n) is 2.16. The van der Waals surface area contributed by atoms with E-state index in [1.165, 1.54) is 0 Å². The van der Waals surface area contributed by atoms with Crippen LogP contribution in [0.25, 0.3) is 0 Å². The summed E-state index contributed by atoms with van der Waals surface area (Å²) >= 11 is 0. The van der Waals surface area contributed by atoms with Gasteiger partial charge in [-0.05, 0) is 24.8 Å². The van der Waals surface area contributed by atoms with Crippen LogP contribution in [-0.2, 0) is 0 Å². The molecule has 1 N–H and O–H groups in total. The van der Waals surface area contributed by atoms with E-state index in [0.29, 0.717) is 5.92 Å². The van der Waals surface area contributed by atoms with Gasteiger partial charge in [-0.1, -0.05) is 13.3 Å². The number of amides is 1. The normalized spacial score (nSPS) is 20.9. The van der Waals surface area contributed by atoms with Crippen LogP contribution >= 0.6 is 0 Å². The Bertz CT molecular complexity index is 519. The van der Waals surface area contributed by atoms with Gasteiger partial charge in [-0.3, -0.25) is 14.9 Å². The molecule has 102 valence electrons. The van der Waals surface area contributed by atoms with E-state index in [1.807, 2.05) is 0 Å². The second-order valence-corrected chi connectivity index (χ2v) is 4.79. The van der Waals surface area contributed by atoms with Crippen LogP contribution in [0.3, 0.4) is 0 Å². The van der Waals surface area contributed by atoms with Crippen molar-refractivity contribution in [3.05, 3.63) is 39.7 Å². The summed E-state index contributed by atoms with van der Waals surface area (Å²) in [6, 6.07) is 3.04. The number of hydrogen-bond acceptors (Lipinski definition) is 3. The highest BCUT2D eigenvalue weighted by atomic mass is 19.1. The molecule has 2 rings (SSSR count). The fraction of sp³-hybridized carbons (Fsp3) is 0.462. The van der Waals surface area contributed by atoms with Gasteiger partial charge < -0.3 is 5.32 Å². The van der Waals surface area contributed by atoms with Crippen molar-refractivity contribution in [1.82, 2.24) is 5.32 Å². The highest BCUT2D eigenvalue weighted by molar-refractivity contribution is 5.95. The van der Waals surface area contributed by atoms with Crippen LogP contribution in [0, 0.1) is 21.8 Å². The van der Waals surface area contributed by atoms with Gasteiger partial charge in [0.25, 0.3) is 11.6 Å². The summed E-state index contributed by atoms with van der Waals surface area (Å²) in [6.07, 6.45) is 2.97. The Kier molecular flexibility index (Phi) is 3.78. The Morgan fingerprint density at radius 3 is 2.95 bits per heavy atom. The summed E-state index contributed by atoms with van der Waals surface area (Å²) in [5, 5.41) is 13.3. The summed E-state index contributed by atoms with van der Waals surface area (Å²) in [4.78, 5) is 21.8. The lowest BCUT2D eigenvalue weighted by molar-refractivity contribution is -0.384. The molecule has 0 bridgehead atoms. The van der Waals surface area contributed by atoms with Gasteiger partial charge in [0.05, 0.1) is 10.5 Å². The standard InChI is InChI=1S/C13H15FN2O3/c1-2-3-8-6-12(8)15-13(17)10-7-9(16(18)19)4-5-11(10)14/h4-5,7-8,12H,2-3,6H2,1H3,(H,15,17). The number of carbonyl (C=O) groups is 1. The van der Waals surface area contributed by atoms with Crippen molar-refractivity contribution in [2.45, 2.75) is 32.2 Å². The second-order valence-electron chi connectivity index (χ2n) is 4.79. The van der Waals surface area contributed by atoms with Crippen molar-refractivity contribution < 1.29 is 14.1 Å². The summed E-state index contributed by atoms with van der Waals surface area (Å²) in [5.41, 5.74) is -0.552. The summed E-state index contributed by atoms with van der Waals surface area (Å²) in [7, 11) is 0. The molecule has 1 aromatic carbocycles. The fourth-order valence-corrected chi connectivity index (χ4v) is 2.16. The quantitative estimate of drug-likeness (QED) is 0.657. The lowest BCUT2D eigenvalue weighted by atomic mass is 10.1. The predicted octanol–water partition coefficient (Wildman–Crippen LogP) is 2.65. The lowest BCUT2D eigenvalue weighted by Gasteiger charge is -2.05. The summed E-state index contributed by atoms with van der Waals surface area (Å²) in [6.45, 7) is 2.07. The van der Waals surface area contributed by atoms with Gasteiger partial charge in [-0.15, -0.1) is 0 Å².